The Morgan fingerprint density at radius 1 is 1.04 bits per heavy atom. The highest BCUT2D eigenvalue weighted by molar-refractivity contribution is 6.05. The van der Waals surface area contributed by atoms with Crippen LogP contribution in [-0.2, 0) is 0 Å². The lowest BCUT2D eigenvalue weighted by Crippen LogP contribution is -2.13. The first-order chi connectivity index (χ1) is 12.7. The molecule has 0 unspecified atom stereocenters. The van der Waals surface area contributed by atoms with Crippen molar-refractivity contribution in [2.24, 2.45) is 0 Å². The van der Waals surface area contributed by atoms with Gasteiger partial charge in [-0.05, 0) is 49.4 Å². The van der Waals surface area contributed by atoms with Gasteiger partial charge in [0.2, 0.25) is 5.89 Å². The van der Waals surface area contributed by atoms with Gasteiger partial charge < -0.3 is 14.2 Å². The van der Waals surface area contributed by atoms with Crippen molar-refractivity contribution < 1.29 is 13.6 Å². The van der Waals surface area contributed by atoms with Crippen LogP contribution in [0.25, 0.3) is 23.1 Å². The van der Waals surface area contributed by atoms with Gasteiger partial charge >= 0.3 is 0 Å². The summed E-state index contributed by atoms with van der Waals surface area (Å²) in [5, 5.41) is 10.9. The fourth-order valence-electron chi connectivity index (χ4n) is 2.49. The van der Waals surface area contributed by atoms with Gasteiger partial charge in [0.15, 0.2) is 5.76 Å². The van der Waals surface area contributed by atoms with E-state index >= 15 is 0 Å². The van der Waals surface area contributed by atoms with Gasteiger partial charge in [-0.25, -0.2) is 0 Å². The number of aromatic nitrogens is 3. The number of amides is 1. The van der Waals surface area contributed by atoms with Crippen molar-refractivity contribution in [3.05, 3.63) is 72.2 Å². The lowest BCUT2D eigenvalue weighted by molar-refractivity contribution is 0.102. The standard InChI is InChI=1S/C19H14N4O3/c1-12-15(7-3-9-20-12)17(24)21-14-6-2-5-13(11-14)18-22-23-19(26-18)16-8-4-10-25-16/h2-11H,1H3,(H,21,24). The molecule has 1 aromatic carbocycles. The zero-order chi connectivity index (χ0) is 17.9. The maximum atomic E-state index is 12.4. The van der Waals surface area contributed by atoms with Gasteiger partial charge in [0.1, 0.15) is 0 Å². The number of hydrogen-bond acceptors (Lipinski definition) is 6. The predicted octanol–water partition coefficient (Wildman–Crippen LogP) is 3.95. The molecule has 1 amide bonds. The second-order valence-electron chi connectivity index (χ2n) is 5.56. The molecule has 0 saturated heterocycles. The zero-order valence-electron chi connectivity index (χ0n) is 13.8. The topological polar surface area (TPSA) is 94.1 Å². The highest BCUT2D eigenvalue weighted by Gasteiger charge is 2.14. The normalized spacial score (nSPS) is 10.7. The monoisotopic (exact) mass is 346 g/mol. The Kier molecular flexibility index (Phi) is 4.03. The van der Waals surface area contributed by atoms with E-state index in [1.807, 2.05) is 6.07 Å². The maximum Gasteiger partial charge on any atom is 0.283 e. The van der Waals surface area contributed by atoms with Gasteiger partial charge in [-0.3, -0.25) is 9.78 Å². The SMILES string of the molecule is Cc1ncccc1C(=O)Nc1cccc(-c2nnc(-c3ccco3)o2)c1. The molecule has 0 saturated carbocycles. The van der Waals surface area contributed by atoms with Crippen LogP contribution in [-0.4, -0.2) is 21.1 Å². The summed E-state index contributed by atoms with van der Waals surface area (Å²) in [6, 6.07) is 14.1. The summed E-state index contributed by atoms with van der Waals surface area (Å²) in [5.41, 5.74) is 2.50. The minimum atomic E-state index is -0.227. The summed E-state index contributed by atoms with van der Waals surface area (Å²) in [6.07, 6.45) is 3.19. The minimum absolute atomic E-state index is 0.227. The highest BCUT2D eigenvalue weighted by atomic mass is 16.4. The average Bonchev–Trinajstić information content (AvgIpc) is 3.34. The number of furan rings is 1. The second kappa shape index (κ2) is 6.64. The highest BCUT2D eigenvalue weighted by Crippen LogP contribution is 2.26. The number of aryl methyl sites for hydroxylation is 1. The largest absolute Gasteiger partial charge is 0.459 e. The van der Waals surface area contributed by atoms with Gasteiger partial charge in [0.05, 0.1) is 11.8 Å². The molecule has 0 aliphatic carbocycles. The fourth-order valence-corrected chi connectivity index (χ4v) is 2.49. The number of nitrogens with one attached hydrogen (secondary N) is 1. The zero-order valence-corrected chi connectivity index (χ0v) is 13.8. The van der Waals surface area contributed by atoms with Crippen molar-refractivity contribution in [2.45, 2.75) is 6.92 Å². The van der Waals surface area contributed by atoms with Crippen molar-refractivity contribution in [2.75, 3.05) is 5.32 Å². The van der Waals surface area contributed by atoms with E-state index in [0.29, 0.717) is 40.0 Å². The van der Waals surface area contributed by atoms with Gasteiger partial charge in [0, 0.05) is 23.1 Å². The third kappa shape index (κ3) is 3.10. The summed E-state index contributed by atoms with van der Waals surface area (Å²) < 4.78 is 10.9. The smallest absolute Gasteiger partial charge is 0.283 e. The molecule has 0 spiro atoms. The van der Waals surface area contributed by atoms with Crippen molar-refractivity contribution in [3.63, 3.8) is 0 Å². The number of carbonyl (C=O) groups is 1. The van der Waals surface area contributed by atoms with Gasteiger partial charge in [-0.15, -0.1) is 10.2 Å². The third-order valence-corrected chi connectivity index (χ3v) is 3.78. The minimum Gasteiger partial charge on any atom is -0.459 e. The predicted molar refractivity (Wildman–Crippen MR) is 94.4 cm³/mol. The Labute approximate surface area is 148 Å². The van der Waals surface area contributed by atoms with Crippen LogP contribution in [0.5, 0.6) is 0 Å². The van der Waals surface area contributed by atoms with E-state index in [0.717, 1.165) is 0 Å². The van der Waals surface area contributed by atoms with Crippen molar-refractivity contribution in [3.8, 4) is 23.1 Å². The van der Waals surface area contributed by atoms with Crippen LogP contribution in [0, 0.1) is 6.92 Å². The van der Waals surface area contributed by atoms with Crippen LogP contribution < -0.4 is 5.32 Å². The van der Waals surface area contributed by atoms with Crippen LogP contribution in [0.15, 0.2) is 69.8 Å². The molecule has 0 aliphatic heterocycles. The Morgan fingerprint density at radius 2 is 1.92 bits per heavy atom. The number of nitrogens with zero attached hydrogens (tertiary/aromatic N) is 3. The fraction of sp³-hybridized carbons (Fsp3) is 0.0526. The van der Waals surface area contributed by atoms with E-state index in [-0.39, 0.29) is 5.91 Å². The molecule has 7 nitrogen and oxygen atoms in total. The summed E-state index contributed by atoms with van der Waals surface area (Å²) in [7, 11) is 0. The molecule has 7 heteroatoms. The number of benzene rings is 1. The summed E-state index contributed by atoms with van der Waals surface area (Å²) in [4.78, 5) is 16.6. The van der Waals surface area contributed by atoms with Crippen molar-refractivity contribution in [1.29, 1.82) is 0 Å². The number of rotatable bonds is 4. The summed E-state index contributed by atoms with van der Waals surface area (Å²) in [6.45, 7) is 1.79. The van der Waals surface area contributed by atoms with E-state index in [1.54, 1.807) is 55.6 Å². The van der Waals surface area contributed by atoms with Gasteiger partial charge in [-0.1, -0.05) is 6.07 Å². The first-order valence-electron chi connectivity index (χ1n) is 7.91. The molecule has 3 heterocycles. The average molecular weight is 346 g/mol. The second-order valence-corrected chi connectivity index (χ2v) is 5.56. The molecule has 0 bridgehead atoms. The lowest BCUT2D eigenvalue weighted by atomic mass is 10.1. The van der Waals surface area contributed by atoms with E-state index in [4.69, 9.17) is 8.83 Å². The van der Waals surface area contributed by atoms with Crippen molar-refractivity contribution >= 4 is 11.6 Å². The molecule has 4 aromatic rings. The Hall–Kier alpha value is -3.74. The van der Waals surface area contributed by atoms with Gasteiger partial charge in [0.25, 0.3) is 11.8 Å². The third-order valence-electron chi connectivity index (χ3n) is 3.78. The summed E-state index contributed by atoms with van der Waals surface area (Å²) >= 11 is 0. The molecule has 26 heavy (non-hydrogen) atoms. The quantitative estimate of drug-likeness (QED) is 0.601. The molecule has 0 fully saturated rings. The Bertz CT molecular complexity index is 1050. The molecule has 3 aromatic heterocycles. The first kappa shape index (κ1) is 15.8. The van der Waals surface area contributed by atoms with E-state index in [9.17, 15) is 4.79 Å². The number of anilines is 1. The molecule has 128 valence electrons. The summed E-state index contributed by atoms with van der Waals surface area (Å²) in [5.74, 6) is 0.908. The van der Waals surface area contributed by atoms with Gasteiger partial charge in [-0.2, -0.15) is 0 Å². The van der Waals surface area contributed by atoms with E-state index < -0.39 is 0 Å². The van der Waals surface area contributed by atoms with Crippen LogP contribution in [0.4, 0.5) is 5.69 Å². The Balaban J connectivity index is 1.57. The van der Waals surface area contributed by atoms with Crippen LogP contribution >= 0.6 is 0 Å². The number of hydrogen-bond donors (Lipinski definition) is 1. The molecule has 1 N–H and O–H groups in total. The first-order valence-corrected chi connectivity index (χ1v) is 7.91. The molecule has 4 rings (SSSR count). The number of carbonyl (C=O) groups excluding carboxylic acids is 1. The molecular formula is C19H14N4O3. The molecule has 0 radical (unpaired) electrons. The van der Waals surface area contributed by atoms with Crippen LogP contribution in [0.3, 0.4) is 0 Å². The lowest BCUT2D eigenvalue weighted by Gasteiger charge is -2.07. The number of pyridine rings is 1. The van der Waals surface area contributed by atoms with Crippen molar-refractivity contribution in [1.82, 2.24) is 15.2 Å². The molecular weight excluding hydrogens is 332 g/mol. The molecule has 0 aliphatic rings. The van der Waals surface area contributed by atoms with E-state index in [2.05, 4.69) is 20.5 Å². The molecule has 0 atom stereocenters. The maximum absolute atomic E-state index is 12.4. The van der Waals surface area contributed by atoms with Crippen LogP contribution in [0.2, 0.25) is 0 Å². The van der Waals surface area contributed by atoms with Crippen LogP contribution in [0.1, 0.15) is 16.1 Å². The Morgan fingerprint density at radius 3 is 2.73 bits per heavy atom. The van der Waals surface area contributed by atoms with E-state index in [1.165, 1.54) is 6.26 Å².